The molecule has 0 radical (unpaired) electrons. The quantitative estimate of drug-likeness (QED) is 0.902. The lowest BCUT2D eigenvalue weighted by molar-refractivity contribution is 0.0693. The third-order valence-corrected chi connectivity index (χ3v) is 4.33. The van der Waals surface area contributed by atoms with Gasteiger partial charge in [-0.15, -0.1) is 0 Å². The number of likely N-dealkylation sites (tertiary alicyclic amines) is 1. The zero-order valence-corrected chi connectivity index (χ0v) is 14.3. The van der Waals surface area contributed by atoms with Crippen molar-refractivity contribution in [3.63, 3.8) is 0 Å². The second kappa shape index (κ2) is 7.98. The first-order valence-electron chi connectivity index (χ1n) is 8.59. The van der Waals surface area contributed by atoms with Crippen molar-refractivity contribution >= 4 is 0 Å². The van der Waals surface area contributed by atoms with Crippen LogP contribution >= 0.6 is 0 Å². The van der Waals surface area contributed by atoms with Gasteiger partial charge in [-0.2, -0.15) is 0 Å². The third-order valence-electron chi connectivity index (χ3n) is 4.33. The Kier molecular flexibility index (Phi) is 6.27. The molecular weight excluding hydrogens is 274 g/mol. The molecule has 3 heteroatoms. The number of benzene rings is 1. The zero-order valence-electron chi connectivity index (χ0n) is 14.3. The van der Waals surface area contributed by atoms with Gasteiger partial charge >= 0.3 is 0 Å². The Balaban J connectivity index is 1.77. The van der Waals surface area contributed by atoms with Gasteiger partial charge in [-0.3, -0.25) is 0 Å². The number of nitrogens with zero attached hydrogens (tertiary/aromatic N) is 1. The average Bonchev–Trinajstić information content (AvgIpc) is 2.73. The summed E-state index contributed by atoms with van der Waals surface area (Å²) >= 11 is 0. The van der Waals surface area contributed by atoms with Crippen molar-refractivity contribution < 1.29 is 9.84 Å². The van der Waals surface area contributed by atoms with Crippen LogP contribution in [0.25, 0.3) is 0 Å². The Hall–Kier alpha value is -1.06. The maximum atomic E-state index is 10.2. The molecule has 1 atom stereocenters. The molecule has 0 aromatic heterocycles. The molecule has 0 amide bonds. The van der Waals surface area contributed by atoms with E-state index in [1.165, 1.54) is 31.2 Å². The molecule has 1 heterocycles. The van der Waals surface area contributed by atoms with Crippen molar-refractivity contribution in [3.05, 3.63) is 29.8 Å². The standard InChI is InChI=1S/C19H31NO2/c1-19(2,3)16-8-10-18(11-9-16)22-15-17(21)14-20-12-6-4-5-7-13-20/h8-11,17,21H,4-7,12-15H2,1-3H3/t17-/m0/s1. The molecule has 1 aromatic carbocycles. The normalized spacial score (nSPS) is 18.7. The van der Waals surface area contributed by atoms with Gasteiger partial charge in [0.1, 0.15) is 18.5 Å². The van der Waals surface area contributed by atoms with E-state index in [0.717, 1.165) is 25.4 Å². The highest BCUT2D eigenvalue weighted by Gasteiger charge is 2.15. The monoisotopic (exact) mass is 305 g/mol. The first-order valence-corrected chi connectivity index (χ1v) is 8.59. The van der Waals surface area contributed by atoms with E-state index < -0.39 is 6.10 Å². The minimum Gasteiger partial charge on any atom is -0.491 e. The molecule has 3 nitrogen and oxygen atoms in total. The van der Waals surface area contributed by atoms with E-state index in [4.69, 9.17) is 4.74 Å². The molecule has 1 saturated heterocycles. The highest BCUT2D eigenvalue weighted by atomic mass is 16.5. The molecule has 0 bridgehead atoms. The molecule has 0 saturated carbocycles. The van der Waals surface area contributed by atoms with E-state index in [-0.39, 0.29) is 5.41 Å². The third kappa shape index (κ3) is 5.62. The summed E-state index contributed by atoms with van der Waals surface area (Å²) in [5.41, 5.74) is 1.45. The van der Waals surface area contributed by atoms with E-state index in [1.807, 2.05) is 12.1 Å². The fraction of sp³-hybridized carbons (Fsp3) is 0.684. The highest BCUT2D eigenvalue weighted by molar-refractivity contribution is 5.31. The molecule has 1 aliphatic rings. The summed E-state index contributed by atoms with van der Waals surface area (Å²) in [4.78, 5) is 2.36. The molecule has 2 rings (SSSR count). The Morgan fingerprint density at radius 1 is 1.05 bits per heavy atom. The topological polar surface area (TPSA) is 32.7 Å². The van der Waals surface area contributed by atoms with E-state index in [9.17, 15) is 5.11 Å². The smallest absolute Gasteiger partial charge is 0.119 e. The lowest BCUT2D eigenvalue weighted by Gasteiger charge is -2.23. The predicted octanol–water partition coefficient (Wildman–Crippen LogP) is 3.60. The molecule has 1 aromatic rings. The Morgan fingerprint density at radius 2 is 1.64 bits per heavy atom. The summed E-state index contributed by atoms with van der Waals surface area (Å²) in [6.07, 6.45) is 4.73. The van der Waals surface area contributed by atoms with Crippen LogP contribution in [0, 0.1) is 0 Å². The SMILES string of the molecule is CC(C)(C)c1ccc(OC[C@@H](O)CN2CCCCCC2)cc1. The molecule has 0 spiro atoms. The molecule has 1 fully saturated rings. The molecule has 22 heavy (non-hydrogen) atoms. The van der Waals surface area contributed by atoms with Crippen molar-refractivity contribution in [1.29, 1.82) is 0 Å². The lowest BCUT2D eigenvalue weighted by Crippen LogP contribution is -2.36. The molecular formula is C19H31NO2. The van der Waals surface area contributed by atoms with Gasteiger partial charge in [0.15, 0.2) is 0 Å². The van der Waals surface area contributed by atoms with Gasteiger partial charge in [0.25, 0.3) is 0 Å². The number of aliphatic hydroxyl groups excluding tert-OH is 1. The minimum atomic E-state index is -0.416. The number of β-amino-alcohol motifs (C(OH)–C–C–N with tert-alkyl or cyclic N) is 1. The van der Waals surface area contributed by atoms with Gasteiger partial charge < -0.3 is 14.7 Å². The molecule has 1 N–H and O–H groups in total. The van der Waals surface area contributed by atoms with Gasteiger partial charge in [0, 0.05) is 6.54 Å². The van der Waals surface area contributed by atoms with Crippen LogP contribution < -0.4 is 4.74 Å². The van der Waals surface area contributed by atoms with Gasteiger partial charge in [0.2, 0.25) is 0 Å². The fourth-order valence-electron chi connectivity index (χ4n) is 2.91. The summed E-state index contributed by atoms with van der Waals surface area (Å²) in [5, 5.41) is 10.2. The van der Waals surface area contributed by atoms with Crippen LogP contribution in [0.3, 0.4) is 0 Å². The van der Waals surface area contributed by atoms with Crippen LogP contribution in [0.1, 0.15) is 52.0 Å². The lowest BCUT2D eigenvalue weighted by atomic mass is 9.87. The number of hydrogen-bond donors (Lipinski definition) is 1. The van der Waals surface area contributed by atoms with Crippen LogP contribution in [-0.4, -0.2) is 42.4 Å². The summed E-state index contributed by atoms with van der Waals surface area (Å²) in [7, 11) is 0. The van der Waals surface area contributed by atoms with Crippen molar-refractivity contribution in [2.75, 3.05) is 26.2 Å². The number of hydrogen-bond acceptors (Lipinski definition) is 3. The van der Waals surface area contributed by atoms with E-state index in [0.29, 0.717) is 6.61 Å². The van der Waals surface area contributed by atoms with E-state index >= 15 is 0 Å². The number of aliphatic hydroxyl groups is 1. The predicted molar refractivity (Wildman–Crippen MR) is 91.6 cm³/mol. The average molecular weight is 305 g/mol. The van der Waals surface area contributed by atoms with Crippen molar-refractivity contribution in [3.8, 4) is 5.75 Å². The second-order valence-corrected chi connectivity index (χ2v) is 7.45. The van der Waals surface area contributed by atoms with Gasteiger partial charge in [-0.05, 0) is 49.0 Å². The van der Waals surface area contributed by atoms with Crippen molar-refractivity contribution in [2.24, 2.45) is 0 Å². The summed E-state index contributed by atoms with van der Waals surface area (Å²) in [5.74, 6) is 0.836. The summed E-state index contributed by atoms with van der Waals surface area (Å²) < 4.78 is 5.73. The van der Waals surface area contributed by atoms with Crippen LogP contribution in [0.2, 0.25) is 0 Å². The van der Waals surface area contributed by atoms with Gasteiger partial charge in [-0.25, -0.2) is 0 Å². The number of ether oxygens (including phenoxy) is 1. The molecule has 0 aliphatic carbocycles. The van der Waals surface area contributed by atoms with Crippen molar-refractivity contribution in [1.82, 2.24) is 4.90 Å². The van der Waals surface area contributed by atoms with Gasteiger partial charge in [-0.1, -0.05) is 45.7 Å². The maximum Gasteiger partial charge on any atom is 0.119 e. The number of rotatable bonds is 5. The summed E-state index contributed by atoms with van der Waals surface area (Å²) in [6, 6.07) is 8.21. The fourth-order valence-corrected chi connectivity index (χ4v) is 2.91. The first kappa shape index (κ1) is 17.3. The Bertz CT molecular complexity index is 428. The van der Waals surface area contributed by atoms with E-state index in [2.05, 4.69) is 37.8 Å². The summed E-state index contributed by atoms with van der Waals surface area (Å²) in [6.45, 7) is 9.91. The van der Waals surface area contributed by atoms with Crippen LogP contribution in [-0.2, 0) is 5.41 Å². The second-order valence-electron chi connectivity index (χ2n) is 7.45. The van der Waals surface area contributed by atoms with Crippen LogP contribution in [0.4, 0.5) is 0 Å². The van der Waals surface area contributed by atoms with Crippen LogP contribution in [0.5, 0.6) is 5.75 Å². The first-order chi connectivity index (χ1) is 10.4. The van der Waals surface area contributed by atoms with Gasteiger partial charge in [0.05, 0.1) is 0 Å². The molecule has 1 aliphatic heterocycles. The minimum absolute atomic E-state index is 0.158. The highest BCUT2D eigenvalue weighted by Crippen LogP contribution is 2.24. The zero-order chi connectivity index (χ0) is 16.0. The Labute approximate surface area is 135 Å². The Morgan fingerprint density at radius 3 is 2.18 bits per heavy atom. The van der Waals surface area contributed by atoms with Crippen LogP contribution in [0.15, 0.2) is 24.3 Å². The van der Waals surface area contributed by atoms with E-state index in [1.54, 1.807) is 0 Å². The maximum absolute atomic E-state index is 10.2. The molecule has 124 valence electrons. The largest absolute Gasteiger partial charge is 0.491 e. The van der Waals surface area contributed by atoms with Crippen molar-refractivity contribution in [2.45, 2.75) is 58.0 Å². The molecule has 0 unspecified atom stereocenters.